The van der Waals surface area contributed by atoms with Crippen LogP contribution < -0.4 is 5.32 Å². The Balaban J connectivity index is 2.13. The van der Waals surface area contributed by atoms with Crippen LogP contribution in [-0.4, -0.2) is 19.3 Å². The van der Waals surface area contributed by atoms with E-state index < -0.39 is 0 Å². The molecule has 0 spiro atoms. The van der Waals surface area contributed by atoms with Gasteiger partial charge in [-0.05, 0) is 26.0 Å². The van der Waals surface area contributed by atoms with E-state index in [0.29, 0.717) is 5.92 Å². The van der Waals surface area contributed by atoms with Crippen LogP contribution in [0.1, 0.15) is 18.9 Å². The highest BCUT2D eigenvalue weighted by atomic mass is 19.1. The second kappa shape index (κ2) is 3.54. The first kappa shape index (κ1) is 10.2. The van der Waals surface area contributed by atoms with Gasteiger partial charge in [0.25, 0.3) is 0 Å². The number of ether oxygens (including phenoxy) is 1. The lowest BCUT2D eigenvalue weighted by Gasteiger charge is -2.33. The molecule has 1 aromatic rings. The molecule has 1 aromatic carbocycles. The first-order valence-electron chi connectivity index (χ1n) is 5.87. The molecule has 16 heavy (non-hydrogen) atoms. The Morgan fingerprint density at radius 2 is 2.25 bits per heavy atom. The molecule has 2 saturated heterocycles. The van der Waals surface area contributed by atoms with Gasteiger partial charge in [0.2, 0.25) is 0 Å². The van der Waals surface area contributed by atoms with Crippen molar-refractivity contribution in [2.75, 3.05) is 13.2 Å². The van der Waals surface area contributed by atoms with Crippen LogP contribution >= 0.6 is 0 Å². The van der Waals surface area contributed by atoms with Gasteiger partial charge in [-0.1, -0.05) is 18.2 Å². The van der Waals surface area contributed by atoms with Gasteiger partial charge < -0.3 is 10.1 Å². The highest BCUT2D eigenvalue weighted by Crippen LogP contribution is 2.45. The summed E-state index contributed by atoms with van der Waals surface area (Å²) in [5.74, 6) is 0.277. The zero-order valence-corrected chi connectivity index (χ0v) is 9.37. The maximum absolute atomic E-state index is 14.0. The molecule has 0 amide bonds. The van der Waals surface area contributed by atoms with E-state index >= 15 is 0 Å². The molecule has 1 N–H and O–H groups in total. The summed E-state index contributed by atoms with van der Waals surface area (Å²) in [7, 11) is 0. The van der Waals surface area contributed by atoms with E-state index in [0.717, 1.165) is 25.1 Å². The Labute approximate surface area is 94.8 Å². The molecule has 3 rings (SSSR count). The van der Waals surface area contributed by atoms with Crippen LogP contribution in [0.2, 0.25) is 0 Å². The molecule has 2 heterocycles. The van der Waals surface area contributed by atoms with Crippen molar-refractivity contribution in [2.24, 2.45) is 5.92 Å². The van der Waals surface area contributed by atoms with Crippen molar-refractivity contribution in [1.29, 1.82) is 0 Å². The first-order valence-corrected chi connectivity index (χ1v) is 5.87. The Hall–Kier alpha value is -0.930. The van der Waals surface area contributed by atoms with Crippen LogP contribution in [0.25, 0.3) is 0 Å². The average molecular weight is 221 g/mol. The summed E-state index contributed by atoms with van der Waals surface area (Å²) < 4.78 is 19.7. The summed E-state index contributed by atoms with van der Waals surface area (Å²) in [6.07, 6.45) is 1.11. The smallest absolute Gasteiger partial charge is 0.128 e. The lowest BCUT2D eigenvalue weighted by molar-refractivity contribution is 0.0817. The number of hydrogen-bond donors (Lipinski definition) is 1. The molecule has 2 fully saturated rings. The lowest BCUT2D eigenvalue weighted by atomic mass is 9.78. The van der Waals surface area contributed by atoms with E-state index in [1.807, 2.05) is 19.1 Å². The summed E-state index contributed by atoms with van der Waals surface area (Å²) in [6, 6.07) is 7.05. The van der Waals surface area contributed by atoms with Gasteiger partial charge in [-0.15, -0.1) is 0 Å². The Morgan fingerprint density at radius 1 is 1.44 bits per heavy atom. The summed E-state index contributed by atoms with van der Waals surface area (Å²) >= 11 is 0. The monoisotopic (exact) mass is 221 g/mol. The van der Waals surface area contributed by atoms with Gasteiger partial charge in [0.05, 0.1) is 18.2 Å². The van der Waals surface area contributed by atoms with E-state index in [2.05, 4.69) is 5.32 Å². The van der Waals surface area contributed by atoms with Gasteiger partial charge in [-0.3, -0.25) is 0 Å². The third-order valence-corrected chi connectivity index (χ3v) is 4.06. The number of nitrogens with one attached hydrogen (secondary N) is 1. The van der Waals surface area contributed by atoms with Gasteiger partial charge in [-0.25, -0.2) is 4.39 Å². The summed E-state index contributed by atoms with van der Waals surface area (Å²) in [5.41, 5.74) is 0.466. The predicted molar refractivity (Wildman–Crippen MR) is 59.6 cm³/mol. The van der Waals surface area contributed by atoms with Crippen molar-refractivity contribution in [2.45, 2.75) is 25.0 Å². The van der Waals surface area contributed by atoms with Crippen molar-refractivity contribution >= 4 is 0 Å². The van der Waals surface area contributed by atoms with Crippen molar-refractivity contribution < 1.29 is 9.13 Å². The minimum atomic E-state index is -0.300. The average Bonchev–Trinajstić information content (AvgIpc) is 2.82. The Morgan fingerprint density at radius 3 is 3.06 bits per heavy atom. The third-order valence-electron chi connectivity index (χ3n) is 4.06. The second-order valence-electron chi connectivity index (χ2n) is 4.74. The minimum Gasteiger partial charge on any atom is -0.376 e. The number of halogens is 1. The highest BCUT2D eigenvalue weighted by Gasteiger charge is 2.54. The Bertz CT molecular complexity index is 409. The minimum absolute atomic E-state index is 0.0388. The molecule has 3 heteroatoms. The molecule has 2 aliphatic heterocycles. The third kappa shape index (κ3) is 1.19. The lowest BCUT2D eigenvalue weighted by Crippen LogP contribution is -2.47. The number of fused-ring (bicyclic) bond motifs is 1. The summed E-state index contributed by atoms with van der Waals surface area (Å²) in [4.78, 5) is 0. The maximum Gasteiger partial charge on any atom is 0.128 e. The normalized spacial score (nSPS) is 37.6. The fraction of sp³-hybridized carbons (Fsp3) is 0.538. The van der Waals surface area contributed by atoms with Crippen molar-refractivity contribution in [3.05, 3.63) is 35.6 Å². The van der Waals surface area contributed by atoms with Gasteiger partial charge in [0.1, 0.15) is 5.82 Å². The van der Waals surface area contributed by atoms with E-state index in [4.69, 9.17) is 4.74 Å². The molecule has 86 valence electrons. The molecular formula is C13H16FNO. The molecule has 0 saturated carbocycles. The molecule has 0 aromatic heterocycles. The van der Waals surface area contributed by atoms with Crippen LogP contribution in [0.15, 0.2) is 24.3 Å². The van der Waals surface area contributed by atoms with E-state index in [-0.39, 0.29) is 17.5 Å². The molecule has 0 bridgehead atoms. The SMILES string of the molecule is C[C@@H]1OC[C@H]2CCN[C@]21c1ccccc1F. The molecular weight excluding hydrogens is 205 g/mol. The highest BCUT2D eigenvalue weighted by molar-refractivity contribution is 5.31. The number of hydrogen-bond acceptors (Lipinski definition) is 2. The molecule has 0 aliphatic carbocycles. The van der Waals surface area contributed by atoms with Crippen molar-refractivity contribution in [3.63, 3.8) is 0 Å². The summed E-state index contributed by atoms with van der Waals surface area (Å²) in [5, 5.41) is 3.47. The zero-order valence-electron chi connectivity index (χ0n) is 9.37. The topological polar surface area (TPSA) is 21.3 Å². The van der Waals surface area contributed by atoms with E-state index in [1.54, 1.807) is 6.07 Å². The largest absolute Gasteiger partial charge is 0.376 e. The van der Waals surface area contributed by atoms with Gasteiger partial charge in [0, 0.05) is 11.5 Å². The van der Waals surface area contributed by atoms with Crippen LogP contribution in [0.5, 0.6) is 0 Å². The van der Waals surface area contributed by atoms with Gasteiger partial charge in [-0.2, -0.15) is 0 Å². The van der Waals surface area contributed by atoms with E-state index in [1.165, 1.54) is 6.07 Å². The van der Waals surface area contributed by atoms with Crippen LogP contribution in [0, 0.1) is 11.7 Å². The quantitative estimate of drug-likeness (QED) is 0.783. The first-order chi connectivity index (χ1) is 7.75. The van der Waals surface area contributed by atoms with Crippen LogP contribution in [0.4, 0.5) is 4.39 Å². The molecule has 0 unspecified atom stereocenters. The molecule has 0 radical (unpaired) electrons. The molecule has 3 atom stereocenters. The van der Waals surface area contributed by atoms with E-state index in [9.17, 15) is 4.39 Å². The predicted octanol–water partition coefficient (Wildman–Crippen LogP) is 2.05. The van der Waals surface area contributed by atoms with Crippen molar-refractivity contribution in [3.8, 4) is 0 Å². The Kier molecular flexibility index (Phi) is 2.26. The molecule has 2 aliphatic rings. The number of benzene rings is 1. The summed E-state index contributed by atoms with van der Waals surface area (Å²) in [6.45, 7) is 3.72. The van der Waals surface area contributed by atoms with Crippen molar-refractivity contribution in [1.82, 2.24) is 5.32 Å². The number of rotatable bonds is 1. The standard InChI is InChI=1S/C13H16FNO/c1-9-13(10(8-16-9)6-7-15-13)11-4-2-3-5-12(11)14/h2-5,9-10,15H,6-8H2,1H3/t9-,10+,13-/m0/s1. The van der Waals surface area contributed by atoms with Gasteiger partial charge >= 0.3 is 0 Å². The van der Waals surface area contributed by atoms with Crippen LogP contribution in [0.3, 0.4) is 0 Å². The van der Waals surface area contributed by atoms with Gasteiger partial charge in [0.15, 0.2) is 0 Å². The molecule has 2 nitrogen and oxygen atoms in total. The second-order valence-corrected chi connectivity index (χ2v) is 4.74. The zero-order chi connectivity index (χ0) is 11.2. The van der Waals surface area contributed by atoms with Crippen LogP contribution in [-0.2, 0) is 10.3 Å². The fourth-order valence-corrected chi connectivity index (χ4v) is 3.24. The maximum atomic E-state index is 14.0. The fourth-order valence-electron chi connectivity index (χ4n) is 3.24.